The highest BCUT2D eigenvalue weighted by molar-refractivity contribution is 7.99. The molecule has 0 spiro atoms. The summed E-state index contributed by atoms with van der Waals surface area (Å²) in [6.07, 6.45) is 5.29. The van der Waals surface area contributed by atoms with Gasteiger partial charge in [0.1, 0.15) is 17.7 Å². The molecular formula is C24H26N4O4S. The molecule has 2 aromatic carbocycles. The lowest BCUT2D eigenvalue weighted by Crippen LogP contribution is -2.12. The summed E-state index contributed by atoms with van der Waals surface area (Å²) in [5.41, 5.74) is 3.96. The van der Waals surface area contributed by atoms with Crippen LogP contribution in [0.25, 0.3) is 5.69 Å². The van der Waals surface area contributed by atoms with E-state index in [2.05, 4.69) is 22.2 Å². The van der Waals surface area contributed by atoms with Gasteiger partial charge in [0.2, 0.25) is 6.54 Å². The second kappa shape index (κ2) is 10.9. The van der Waals surface area contributed by atoms with E-state index in [1.54, 1.807) is 18.2 Å². The number of aryl methyl sites for hydroxylation is 3. The predicted octanol–water partition coefficient (Wildman–Crippen LogP) is 4.71. The Morgan fingerprint density at radius 1 is 1.12 bits per heavy atom. The lowest BCUT2D eigenvalue weighted by atomic mass is 10.1. The fourth-order valence-electron chi connectivity index (χ4n) is 3.29. The summed E-state index contributed by atoms with van der Waals surface area (Å²) in [5, 5.41) is 20.1. The van der Waals surface area contributed by atoms with Crippen LogP contribution in [-0.2, 0) is 0 Å². The molecule has 8 nitrogen and oxygen atoms in total. The molecule has 0 aliphatic heterocycles. The van der Waals surface area contributed by atoms with Crippen LogP contribution in [0.15, 0.2) is 41.6 Å². The summed E-state index contributed by atoms with van der Waals surface area (Å²) in [4.78, 5) is 11.2. The number of nitro groups is 1. The van der Waals surface area contributed by atoms with Gasteiger partial charge in [-0.05, 0) is 68.7 Å². The molecule has 0 aliphatic carbocycles. The Morgan fingerprint density at radius 2 is 1.91 bits per heavy atom. The number of rotatable bonds is 10. The maximum absolute atomic E-state index is 11.5. The fourth-order valence-corrected chi connectivity index (χ4v) is 4.45. The number of hydrogen-bond donors (Lipinski definition) is 0. The van der Waals surface area contributed by atoms with Crippen molar-refractivity contribution in [2.45, 2.75) is 38.1 Å². The molecule has 3 rings (SSSR count). The van der Waals surface area contributed by atoms with Crippen molar-refractivity contribution < 1.29 is 14.4 Å². The van der Waals surface area contributed by atoms with Crippen LogP contribution in [0.3, 0.4) is 0 Å². The number of benzene rings is 2. The first-order valence-electron chi connectivity index (χ1n) is 10.4. The van der Waals surface area contributed by atoms with Crippen molar-refractivity contribution in [2.24, 2.45) is 0 Å². The highest BCUT2D eigenvalue weighted by Gasteiger charge is 2.25. The lowest BCUT2D eigenvalue weighted by Gasteiger charge is -2.17. The van der Waals surface area contributed by atoms with Gasteiger partial charge in [-0.2, -0.15) is 0 Å². The minimum atomic E-state index is -0.519. The molecule has 0 fully saturated rings. The van der Waals surface area contributed by atoms with E-state index in [0.29, 0.717) is 29.1 Å². The quantitative estimate of drug-likeness (QED) is 0.185. The van der Waals surface area contributed by atoms with E-state index in [1.807, 2.05) is 44.4 Å². The van der Waals surface area contributed by atoms with Gasteiger partial charge in [-0.25, -0.2) is 0 Å². The summed E-state index contributed by atoms with van der Waals surface area (Å²) in [6.45, 7) is 8.04. The minimum Gasteiger partial charge on any atom is -0.490 e. The zero-order chi connectivity index (χ0) is 24.0. The van der Waals surface area contributed by atoms with E-state index in [4.69, 9.17) is 15.9 Å². The van der Waals surface area contributed by atoms with Gasteiger partial charge in [0.15, 0.2) is 16.7 Å². The standard InChI is InChI=1S/C24H26N4O4S/c1-6-12-32-21-11-9-19(14-22(21)31-7-2)23(15-27(29)30)33-24-26-25-18(5)28(24)20-10-8-16(3)17(4)13-20/h1,8-11,13-14,23H,7,12,15H2,2-5H3/t23-/m0/s1. The molecule has 33 heavy (non-hydrogen) atoms. The molecule has 172 valence electrons. The molecule has 3 aromatic rings. The van der Waals surface area contributed by atoms with E-state index in [1.165, 1.54) is 17.3 Å². The molecule has 1 aromatic heterocycles. The second-order valence-electron chi connectivity index (χ2n) is 7.39. The summed E-state index contributed by atoms with van der Waals surface area (Å²) >= 11 is 1.29. The molecule has 0 saturated carbocycles. The zero-order valence-electron chi connectivity index (χ0n) is 19.1. The number of ether oxygens (including phenoxy) is 2. The van der Waals surface area contributed by atoms with Gasteiger partial charge in [0.05, 0.1) is 6.61 Å². The molecule has 9 heteroatoms. The number of hydrogen-bond acceptors (Lipinski definition) is 7. The Morgan fingerprint density at radius 3 is 2.58 bits per heavy atom. The van der Waals surface area contributed by atoms with Gasteiger partial charge >= 0.3 is 0 Å². The van der Waals surface area contributed by atoms with E-state index >= 15 is 0 Å². The lowest BCUT2D eigenvalue weighted by molar-refractivity contribution is -0.479. The van der Waals surface area contributed by atoms with Crippen molar-refractivity contribution >= 4 is 11.8 Å². The Balaban J connectivity index is 1.99. The average Bonchev–Trinajstić information content (AvgIpc) is 3.14. The molecular weight excluding hydrogens is 440 g/mol. The van der Waals surface area contributed by atoms with E-state index < -0.39 is 5.25 Å². The maximum Gasteiger partial charge on any atom is 0.220 e. The van der Waals surface area contributed by atoms with Crippen LogP contribution in [0, 0.1) is 43.2 Å². The Labute approximate surface area is 197 Å². The predicted molar refractivity (Wildman–Crippen MR) is 128 cm³/mol. The second-order valence-corrected chi connectivity index (χ2v) is 8.56. The normalized spacial score (nSPS) is 11.6. The summed E-state index contributed by atoms with van der Waals surface area (Å²) in [6, 6.07) is 11.4. The first kappa shape index (κ1) is 24.1. The number of terminal acetylenes is 1. The first-order chi connectivity index (χ1) is 15.8. The smallest absolute Gasteiger partial charge is 0.220 e. The van der Waals surface area contributed by atoms with Crippen molar-refractivity contribution in [2.75, 3.05) is 19.8 Å². The molecule has 0 saturated heterocycles. The molecule has 0 aliphatic rings. The Hall–Kier alpha value is -3.51. The number of thioether (sulfide) groups is 1. The molecule has 0 amide bonds. The molecule has 0 unspecified atom stereocenters. The summed E-state index contributed by atoms with van der Waals surface area (Å²) < 4.78 is 13.2. The third-order valence-electron chi connectivity index (χ3n) is 5.06. The van der Waals surface area contributed by atoms with Gasteiger partial charge in [0, 0.05) is 10.6 Å². The summed E-state index contributed by atoms with van der Waals surface area (Å²) in [7, 11) is 0. The van der Waals surface area contributed by atoms with Crippen LogP contribution < -0.4 is 9.47 Å². The number of nitrogens with zero attached hydrogens (tertiary/aromatic N) is 4. The van der Waals surface area contributed by atoms with Crippen LogP contribution in [0.1, 0.15) is 34.7 Å². The average molecular weight is 467 g/mol. The SMILES string of the molecule is C#CCOc1ccc([C@H](C[N+](=O)[O-])Sc2nnc(C)n2-c2ccc(C)c(C)c2)cc1OCC. The van der Waals surface area contributed by atoms with Crippen molar-refractivity contribution in [3.63, 3.8) is 0 Å². The van der Waals surface area contributed by atoms with E-state index in [9.17, 15) is 10.1 Å². The molecule has 1 atom stereocenters. The van der Waals surface area contributed by atoms with Crippen LogP contribution in [0.4, 0.5) is 0 Å². The third-order valence-corrected chi connectivity index (χ3v) is 6.24. The highest BCUT2D eigenvalue weighted by Crippen LogP contribution is 2.39. The van der Waals surface area contributed by atoms with Crippen LogP contribution >= 0.6 is 11.8 Å². The van der Waals surface area contributed by atoms with Gasteiger partial charge in [0.25, 0.3) is 0 Å². The molecule has 0 radical (unpaired) electrons. The van der Waals surface area contributed by atoms with E-state index in [0.717, 1.165) is 16.8 Å². The topological polar surface area (TPSA) is 92.3 Å². The monoisotopic (exact) mass is 466 g/mol. The molecule has 1 heterocycles. The third kappa shape index (κ3) is 5.84. The van der Waals surface area contributed by atoms with Crippen LogP contribution in [0.2, 0.25) is 0 Å². The van der Waals surface area contributed by atoms with Gasteiger partial charge < -0.3 is 9.47 Å². The Bertz CT molecular complexity index is 1190. The molecule has 0 bridgehead atoms. The van der Waals surface area contributed by atoms with Crippen molar-refractivity contribution in [3.05, 3.63) is 69.0 Å². The van der Waals surface area contributed by atoms with Gasteiger partial charge in [-0.15, -0.1) is 16.6 Å². The van der Waals surface area contributed by atoms with Crippen molar-refractivity contribution in [3.8, 4) is 29.5 Å². The van der Waals surface area contributed by atoms with Crippen LogP contribution in [-0.4, -0.2) is 39.4 Å². The fraction of sp³-hybridized carbons (Fsp3) is 0.333. The van der Waals surface area contributed by atoms with Crippen molar-refractivity contribution in [1.82, 2.24) is 14.8 Å². The molecule has 0 N–H and O–H groups in total. The maximum atomic E-state index is 11.5. The first-order valence-corrected chi connectivity index (χ1v) is 11.3. The van der Waals surface area contributed by atoms with Crippen LogP contribution in [0.5, 0.6) is 11.5 Å². The zero-order valence-corrected chi connectivity index (χ0v) is 19.9. The number of aromatic nitrogens is 3. The Kier molecular flexibility index (Phi) is 7.96. The van der Waals surface area contributed by atoms with Crippen molar-refractivity contribution in [1.29, 1.82) is 0 Å². The highest BCUT2D eigenvalue weighted by atomic mass is 32.2. The van der Waals surface area contributed by atoms with E-state index in [-0.39, 0.29) is 18.1 Å². The largest absolute Gasteiger partial charge is 0.490 e. The van der Waals surface area contributed by atoms with Gasteiger partial charge in [-0.3, -0.25) is 14.7 Å². The van der Waals surface area contributed by atoms with Gasteiger partial charge in [-0.1, -0.05) is 29.8 Å². The minimum absolute atomic E-state index is 0.102. The summed E-state index contributed by atoms with van der Waals surface area (Å²) in [5.74, 6) is 4.12.